The van der Waals surface area contributed by atoms with Crippen molar-refractivity contribution >= 4 is 29.0 Å². The lowest BCUT2D eigenvalue weighted by atomic mass is 10.1. The fraction of sp³-hybridized carbons (Fsp3) is 0.389. The highest BCUT2D eigenvalue weighted by Crippen LogP contribution is 2.34. The molecule has 0 atom stereocenters. The van der Waals surface area contributed by atoms with Gasteiger partial charge < -0.3 is 9.88 Å². The van der Waals surface area contributed by atoms with Gasteiger partial charge in [-0.2, -0.15) is 0 Å². The van der Waals surface area contributed by atoms with Crippen LogP contribution in [0, 0.1) is 10.1 Å². The molecule has 9 heteroatoms. The fourth-order valence-electron chi connectivity index (χ4n) is 3.22. The molecule has 1 aliphatic rings. The van der Waals surface area contributed by atoms with Gasteiger partial charge in [0.25, 0.3) is 5.69 Å². The molecule has 2 aromatic rings. The minimum Gasteiger partial charge on any atom is -0.325 e. The van der Waals surface area contributed by atoms with Gasteiger partial charge in [0.15, 0.2) is 5.16 Å². The van der Waals surface area contributed by atoms with Crippen LogP contribution in [0.2, 0.25) is 0 Å². The van der Waals surface area contributed by atoms with E-state index < -0.39 is 4.92 Å². The lowest BCUT2D eigenvalue weighted by Gasteiger charge is -2.12. The Morgan fingerprint density at radius 2 is 2.19 bits per heavy atom. The average Bonchev–Trinajstić information content (AvgIpc) is 3.30. The molecule has 1 aliphatic carbocycles. The van der Waals surface area contributed by atoms with Crippen molar-refractivity contribution in [3.05, 3.63) is 52.9 Å². The van der Waals surface area contributed by atoms with Gasteiger partial charge in [-0.25, -0.2) is 0 Å². The number of hydrogen-bond acceptors (Lipinski definition) is 6. The van der Waals surface area contributed by atoms with Gasteiger partial charge in [0.1, 0.15) is 5.82 Å². The lowest BCUT2D eigenvalue weighted by molar-refractivity contribution is -0.384. The number of nitrogens with one attached hydrogen (secondary N) is 1. The number of non-ortho nitro benzene ring substituents is 1. The van der Waals surface area contributed by atoms with Crippen molar-refractivity contribution in [2.75, 3.05) is 11.1 Å². The van der Waals surface area contributed by atoms with Crippen molar-refractivity contribution in [3.63, 3.8) is 0 Å². The predicted molar refractivity (Wildman–Crippen MR) is 104 cm³/mol. The Balaban J connectivity index is 1.64. The first-order valence-electron chi connectivity index (χ1n) is 8.79. The maximum absolute atomic E-state index is 12.2. The summed E-state index contributed by atoms with van der Waals surface area (Å²) >= 11 is 1.30. The van der Waals surface area contributed by atoms with Crippen LogP contribution < -0.4 is 5.32 Å². The predicted octanol–water partition coefficient (Wildman–Crippen LogP) is 3.76. The Hall–Kier alpha value is -2.68. The number of nitrogens with zero attached hydrogens (tertiary/aromatic N) is 4. The van der Waals surface area contributed by atoms with Crippen LogP contribution in [-0.4, -0.2) is 31.3 Å². The molecule has 0 bridgehead atoms. The van der Waals surface area contributed by atoms with Crippen LogP contribution in [0.25, 0.3) is 0 Å². The first-order valence-corrected chi connectivity index (χ1v) is 9.78. The quantitative estimate of drug-likeness (QED) is 0.320. The van der Waals surface area contributed by atoms with E-state index in [4.69, 9.17) is 0 Å². The molecular formula is C18H21N5O3S. The molecule has 0 spiro atoms. The molecule has 1 amide bonds. The number of carbonyl (C=O) groups is 1. The Morgan fingerprint density at radius 1 is 1.41 bits per heavy atom. The largest absolute Gasteiger partial charge is 0.325 e. The molecule has 1 aromatic carbocycles. The second kappa shape index (κ2) is 8.81. The summed E-state index contributed by atoms with van der Waals surface area (Å²) < 4.78 is 2.02. The van der Waals surface area contributed by atoms with Crippen LogP contribution in [-0.2, 0) is 11.3 Å². The zero-order valence-electron chi connectivity index (χ0n) is 14.8. The van der Waals surface area contributed by atoms with E-state index in [9.17, 15) is 14.9 Å². The van der Waals surface area contributed by atoms with Crippen molar-refractivity contribution < 1.29 is 9.72 Å². The highest BCUT2D eigenvalue weighted by atomic mass is 32.2. The van der Waals surface area contributed by atoms with Gasteiger partial charge in [-0.1, -0.05) is 36.7 Å². The van der Waals surface area contributed by atoms with Gasteiger partial charge in [0, 0.05) is 30.3 Å². The van der Waals surface area contributed by atoms with Gasteiger partial charge in [-0.15, -0.1) is 16.8 Å². The van der Waals surface area contributed by atoms with Crippen LogP contribution in [0.3, 0.4) is 0 Å². The van der Waals surface area contributed by atoms with Crippen molar-refractivity contribution in [1.29, 1.82) is 0 Å². The molecule has 27 heavy (non-hydrogen) atoms. The highest BCUT2D eigenvalue weighted by Gasteiger charge is 2.24. The molecule has 1 heterocycles. The normalized spacial score (nSPS) is 14.2. The van der Waals surface area contributed by atoms with Crippen molar-refractivity contribution in [2.24, 2.45) is 0 Å². The summed E-state index contributed by atoms with van der Waals surface area (Å²) in [6, 6.07) is 5.87. The van der Waals surface area contributed by atoms with Crippen molar-refractivity contribution in [3.8, 4) is 0 Å². The first kappa shape index (κ1) is 19.1. The summed E-state index contributed by atoms with van der Waals surface area (Å²) in [5.74, 6) is 1.28. The standard InChI is InChI=1S/C18H21N5O3S/c1-2-10-22-17(13-6-3-4-7-13)20-21-18(22)27-12-16(24)19-14-8-5-9-15(11-14)23(25)26/h2,5,8-9,11,13H,1,3-4,6-7,10,12H2,(H,19,24). The smallest absolute Gasteiger partial charge is 0.271 e. The minimum absolute atomic E-state index is 0.0626. The molecule has 1 aromatic heterocycles. The van der Waals surface area contributed by atoms with Gasteiger partial charge in [0.05, 0.1) is 10.7 Å². The lowest BCUT2D eigenvalue weighted by Crippen LogP contribution is -2.15. The van der Waals surface area contributed by atoms with Gasteiger partial charge in [-0.3, -0.25) is 14.9 Å². The Kier molecular flexibility index (Phi) is 6.23. The number of anilines is 1. The molecular weight excluding hydrogens is 366 g/mol. The van der Waals surface area contributed by atoms with Crippen LogP contribution in [0.5, 0.6) is 0 Å². The molecule has 0 unspecified atom stereocenters. The number of nitro benzene ring substituents is 1. The molecule has 1 N–H and O–H groups in total. The third-order valence-electron chi connectivity index (χ3n) is 4.45. The summed E-state index contributed by atoms with van der Waals surface area (Å²) in [7, 11) is 0. The van der Waals surface area contributed by atoms with E-state index >= 15 is 0 Å². The van der Waals surface area contributed by atoms with Gasteiger partial charge >= 0.3 is 0 Å². The Morgan fingerprint density at radius 3 is 2.89 bits per heavy atom. The molecule has 0 aliphatic heterocycles. The third kappa shape index (κ3) is 4.73. The Labute approximate surface area is 161 Å². The number of allylic oxidation sites excluding steroid dienone is 1. The van der Waals surface area contributed by atoms with Gasteiger partial charge in [-0.05, 0) is 18.9 Å². The van der Waals surface area contributed by atoms with Crippen molar-refractivity contribution in [2.45, 2.75) is 43.3 Å². The first-order chi connectivity index (χ1) is 13.1. The molecule has 1 fully saturated rings. The average molecular weight is 387 g/mol. The highest BCUT2D eigenvalue weighted by molar-refractivity contribution is 7.99. The van der Waals surface area contributed by atoms with Crippen LogP contribution in [0.1, 0.15) is 37.4 Å². The molecule has 0 radical (unpaired) electrons. The van der Waals surface area contributed by atoms with E-state index in [2.05, 4.69) is 22.1 Å². The summed E-state index contributed by atoms with van der Waals surface area (Å²) in [6.45, 7) is 4.40. The monoisotopic (exact) mass is 387 g/mol. The summed E-state index contributed by atoms with van der Waals surface area (Å²) in [5, 5.41) is 22.8. The number of carbonyl (C=O) groups excluding carboxylic acids is 1. The zero-order valence-corrected chi connectivity index (χ0v) is 15.7. The number of benzene rings is 1. The number of rotatable bonds is 8. The second-order valence-electron chi connectivity index (χ2n) is 6.37. The number of hydrogen-bond donors (Lipinski definition) is 1. The molecule has 3 rings (SSSR count). The number of nitro groups is 1. The van der Waals surface area contributed by atoms with E-state index in [1.165, 1.54) is 42.8 Å². The second-order valence-corrected chi connectivity index (χ2v) is 7.31. The zero-order chi connectivity index (χ0) is 19.2. The number of amides is 1. The summed E-state index contributed by atoms with van der Waals surface area (Å²) in [5.41, 5.74) is 0.335. The fourth-order valence-corrected chi connectivity index (χ4v) is 3.97. The summed E-state index contributed by atoms with van der Waals surface area (Å²) in [4.78, 5) is 22.5. The van der Waals surface area contributed by atoms with E-state index in [-0.39, 0.29) is 17.3 Å². The van der Waals surface area contributed by atoms with E-state index in [0.717, 1.165) is 18.7 Å². The number of thioether (sulfide) groups is 1. The van der Waals surface area contributed by atoms with Crippen LogP contribution in [0.15, 0.2) is 42.1 Å². The van der Waals surface area contributed by atoms with E-state index in [1.807, 2.05) is 4.57 Å². The number of aromatic nitrogens is 3. The Bertz CT molecular complexity index is 845. The molecule has 0 saturated heterocycles. The maximum Gasteiger partial charge on any atom is 0.271 e. The third-order valence-corrected chi connectivity index (χ3v) is 5.42. The molecule has 8 nitrogen and oxygen atoms in total. The minimum atomic E-state index is -0.493. The van der Waals surface area contributed by atoms with Crippen LogP contribution >= 0.6 is 11.8 Å². The summed E-state index contributed by atoms with van der Waals surface area (Å²) in [6.07, 6.45) is 6.45. The van der Waals surface area contributed by atoms with E-state index in [0.29, 0.717) is 23.3 Å². The maximum atomic E-state index is 12.2. The SMILES string of the molecule is C=CCn1c(SCC(=O)Nc2cccc([N+](=O)[O-])c2)nnc1C1CCCC1. The van der Waals surface area contributed by atoms with Gasteiger partial charge in [0.2, 0.25) is 5.91 Å². The van der Waals surface area contributed by atoms with Crippen molar-refractivity contribution in [1.82, 2.24) is 14.8 Å². The molecule has 1 saturated carbocycles. The van der Waals surface area contributed by atoms with E-state index in [1.54, 1.807) is 12.1 Å². The topological polar surface area (TPSA) is 103 Å². The van der Waals surface area contributed by atoms with Crippen LogP contribution in [0.4, 0.5) is 11.4 Å². The molecule has 142 valence electrons.